The quantitative estimate of drug-likeness (QED) is 0.729. The van der Waals surface area contributed by atoms with Crippen molar-refractivity contribution >= 4 is 0 Å². The SMILES string of the molecule is OCC12CCCC1CN(C1CCNCC1)C2. The Kier molecular flexibility index (Phi) is 2.94. The summed E-state index contributed by atoms with van der Waals surface area (Å²) in [6.45, 7) is 5.19. The molecule has 0 aromatic carbocycles. The van der Waals surface area contributed by atoms with Crippen LogP contribution in [0.4, 0.5) is 0 Å². The Morgan fingerprint density at radius 1 is 1.25 bits per heavy atom. The Bertz CT molecular complexity index is 252. The number of aliphatic hydroxyl groups is 1. The second kappa shape index (κ2) is 4.28. The van der Waals surface area contributed by atoms with E-state index in [-0.39, 0.29) is 5.41 Å². The number of hydrogen-bond donors (Lipinski definition) is 2. The van der Waals surface area contributed by atoms with Crippen LogP contribution in [0.15, 0.2) is 0 Å². The second-order valence-electron chi connectivity index (χ2n) is 6.02. The maximum Gasteiger partial charge on any atom is 0.0502 e. The molecule has 0 bridgehead atoms. The van der Waals surface area contributed by atoms with Crippen LogP contribution >= 0.6 is 0 Å². The van der Waals surface area contributed by atoms with Gasteiger partial charge in [0.05, 0.1) is 6.61 Å². The van der Waals surface area contributed by atoms with Crippen LogP contribution in [-0.4, -0.2) is 48.8 Å². The summed E-state index contributed by atoms with van der Waals surface area (Å²) < 4.78 is 0. The van der Waals surface area contributed by atoms with Crippen LogP contribution in [0.2, 0.25) is 0 Å². The van der Waals surface area contributed by atoms with Gasteiger partial charge in [-0.15, -0.1) is 0 Å². The van der Waals surface area contributed by atoms with Crippen molar-refractivity contribution in [3.63, 3.8) is 0 Å². The highest BCUT2D eigenvalue weighted by Gasteiger charge is 2.50. The molecule has 0 aromatic rings. The second-order valence-corrected chi connectivity index (χ2v) is 6.02. The van der Waals surface area contributed by atoms with E-state index in [1.54, 1.807) is 0 Å². The van der Waals surface area contributed by atoms with E-state index in [1.165, 1.54) is 58.3 Å². The molecule has 3 fully saturated rings. The molecule has 2 atom stereocenters. The van der Waals surface area contributed by atoms with Gasteiger partial charge < -0.3 is 10.4 Å². The van der Waals surface area contributed by atoms with Crippen molar-refractivity contribution < 1.29 is 5.11 Å². The van der Waals surface area contributed by atoms with Gasteiger partial charge in [-0.1, -0.05) is 6.42 Å². The van der Waals surface area contributed by atoms with E-state index in [0.29, 0.717) is 6.61 Å². The molecule has 3 rings (SSSR count). The van der Waals surface area contributed by atoms with Crippen LogP contribution in [0, 0.1) is 11.3 Å². The van der Waals surface area contributed by atoms with Crippen molar-refractivity contribution in [3.8, 4) is 0 Å². The van der Waals surface area contributed by atoms with Crippen LogP contribution in [0.3, 0.4) is 0 Å². The van der Waals surface area contributed by atoms with Gasteiger partial charge in [0, 0.05) is 24.5 Å². The molecule has 2 aliphatic heterocycles. The van der Waals surface area contributed by atoms with Crippen LogP contribution in [0.25, 0.3) is 0 Å². The van der Waals surface area contributed by atoms with E-state index in [0.717, 1.165) is 12.0 Å². The van der Waals surface area contributed by atoms with Crippen molar-refractivity contribution in [2.24, 2.45) is 11.3 Å². The zero-order chi connectivity index (χ0) is 11.0. The first kappa shape index (κ1) is 11.0. The van der Waals surface area contributed by atoms with Crippen molar-refractivity contribution in [2.45, 2.75) is 38.1 Å². The molecule has 3 heteroatoms. The standard InChI is InChI=1S/C13H24N2O/c16-10-13-5-1-2-11(13)8-15(9-13)12-3-6-14-7-4-12/h11-12,14,16H,1-10H2. The summed E-state index contributed by atoms with van der Waals surface area (Å²) in [6.07, 6.45) is 6.55. The maximum absolute atomic E-state index is 9.70. The molecule has 0 aromatic heterocycles. The summed E-state index contributed by atoms with van der Waals surface area (Å²) >= 11 is 0. The minimum atomic E-state index is 0.283. The lowest BCUT2D eigenvalue weighted by Crippen LogP contribution is -2.43. The molecular formula is C13H24N2O. The highest BCUT2D eigenvalue weighted by Crippen LogP contribution is 2.49. The predicted octanol–water partition coefficient (Wildman–Crippen LogP) is 0.833. The molecule has 2 unspecified atom stereocenters. The first-order chi connectivity index (χ1) is 7.84. The largest absolute Gasteiger partial charge is 0.396 e. The van der Waals surface area contributed by atoms with E-state index < -0.39 is 0 Å². The number of nitrogens with zero attached hydrogens (tertiary/aromatic N) is 1. The number of fused-ring (bicyclic) bond motifs is 1. The molecule has 2 saturated heterocycles. The monoisotopic (exact) mass is 224 g/mol. The van der Waals surface area contributed by atoms with Gasteiger partial charge in [-0.2, -0.15) is 0 Å². The van der Waals surface area contributed by atoms with Gasteiger partial charge in [0.1, 0.15) is 0 Å². The molecule has 0 spiro atoms. The zero-order valence-corrected chi connectivity index (χ0v) is 10.1. The van der Waals surface area contributed by atoms with E-state index in [4.69, 9.17) is 0 Å². The average Bonchev–Trinajstić information content (AvgIpc) is 2.86. The van der Waals surface area contributed by atoms with Crippen molar-refractivity contribution in [3.05, 3.63) is 0 Å². The Morgan fingerprint density at radius 2 is 2.06 bits per heavy atom. The molecular weight excluding hydrogens is 200 g/mol. The molecule has 1 saturated carbocycles. The smallest absolute Gasteiger partial charge is 0.0502 e. The third kappa shape index (κ3) is 1.69. The van der Waals surface area contributed by atoms with Crippen molar-refractivity contribution in [1.29, 1.82) is 0 Å². The lowest BCUT2D eigenvalue weighted by molar-refractivity contribution is 0.101. The first-order valence-electron chi connectivity index (χ1n) is 6.90. The van der Waals surface area contributed by atoms with Gasteiger partial charge in [0.2, 0.25) is 0 Å². The van der Waals surface area contributed by atoms with E-state index in [1.807, 2.05) is 0 Å². The Hall–Kier alpha value is -0.120. The molecule has 0 radical (unpaired) electrons. The highest BCUT2D eigenvalue weighted by atomic mass is 16.3. The number of hydrogen-bond acceptors (Lipinski definition) is 3. The van der Waals surface area contributed by atoms with E-state index >= 15 is 0 Å². The fourth-order valence-electron chi connectivity index (χ4n) is 4.16. The van der Waals surface area contributed by atoms with Gasteiger partial charge in [0.25, 0.3) is 0 Å². The number of rotatable bonds is 2. The van der Waals surface area contributed by atoms with Gasteiger partial charge >= 0.3 is 0 Å². The number of likely N-dealkylation sites (tertiary alicyclic amines) is 1. The van der Waals surface area contributed by atoms with Crippen LogP contribution in [-0.2, 0) is 0 Å². The van der Waals surface area contributed by atoms with Gasteiger partial charge in [-0.3, -0.25) is 4.90 Å². The van der Waals surface area contributed by atoms with Crippen molar-refractivity contribution in [2.75, 3.05) is 32.8 Å². The number of piperidine rings is 1. The summed E-state index contributed by atoms with van der Waals surface area (Å²) in [5, 5.41) is 13.1. The van der Waals surface area contributed by atoms with Gasteiger partial charge in [-0.05, 0) is 44.7 Å². The van der Waals surface area contributed by atoms with Crippen LogP contribution < -0.4 is 5.32 Å². The number of nitrogens with one attached hydrogen (secondary N) is 1. The van der Waals surface area contributed by atoms with Crippen molar-refractivity contribution in [1.82, 2.24) is 10.2 Å². The van der Waals surface area contributed by atoms with Crippen LogP contribution in [0.1, 0.15) is 32.1 Å². The summed E-state index contributed by atoms with van der Waals surface area (Å²) in [6, 6.07) is 0.787. The summed E-state index contributed by atoms with van der Waals surface area (Å²) in [5.74, 6) is 0.785. The lowest BCUT2D eigenvalue weighted by atomic mass is 9.82. The summed E-state index contributed by atoms with van der Waals surface area (Å²) in [4.78, 5) is 2.68. The lowest BCUT2D eigenvalue weighted by Gasteiger charge is -2.33. The number of aliphatic hydroxyl groups excluding tert-OH is 1. The third-order valence-corrected chi connectivity index (χ3v) is 5.21. The molecule has 2 N–H and O–H groups in total. The molecule has 0 amide bonds. The first-order valence-corrected chi connectivity index (χ1v) is 6.90. The Labute approximate surface area is 98.2 Å². The van der Waals surface area contributed by atoms with E-state index in [9.17, 15) is 5.11 Å². The fraction of sp³-hybridized carbons (Fsp3) is 1.00. The molecule has 92 valence electrons. The average molecular weight is 224 g/mol. The van der Waals surface area contributed by atoms with Gasteiger partial charge in [-0.25, -0.2) is 0 Å². The molecule has 2 heterocycles. The minimum Gasteiger partial charge on any atom is -0.396 e. The highest BCUT2D eigenvalue weighted by molar-refractivity contribution is 5.02. The topological polar surface area (TPSA) is 35.5 Å². The summed E-state index contributed by atoms with van der Waals surface area (Å²) in [7, 11) is 0. The fourth-order valence-corrected chi connectivity index (χ4v) is 4.16. The third-order valence-electron chi connectivity index (χ3n) is 5.21. The summed E-state index contributed by atoms with van der Waals surface area (Å²) in [5.41, 5.74) is 0.283. The normalized spacial score (nSPS) is 41.4. The Morgan fingerprint density at radius 3 is 2.75 bits per heavy atom. The molecule has 1 aliphatic carbocycles. The van der Waals surface area contributed by atoms with Crippen LogP contribution in [0.5, 0.6) is 0 Å². The molecule has 16 heavy (non-hydrogen) atoms. The Balaban J connectivity index is 1.67. The molecule has 3 nitrogen and oxygen atoms in total. The minimum absolute atomic E-state index is 0.283. The molecule has 3 aliphatic rings. The maximum atomic E-state index is 9.70. The van der Waals surface area contributed by atoms with Gasteiger partial charge in [0.15, 0.2) is 0 Å². The van der Waals surface area contributed by atoms with E-state index in [2.05, 4.69) is 10.2 Å². The zero-order valence-electron chi connectivity index (χ0n) is 10.1. The predicted molar refractivity (Wildman–Crippen MR) is 64.3 cm³/mol.